The predicted octanol–water partition coefficient (Wildman–Crippen LogP) is 5.73. The number of fused-ring (bicyclic) bond motifs is 2. The topological polar surface area (TPSA) is 61.0 Å². The Morgan fingerprint density at radius 3 is 2.44 bits per heavy atom. The van der Waals surface area contributed by atoms with Crippen LogP contribution in [0.1, 0.15) is 22.3 Å². The van der Waals surface area contributed by atoms with Crippen molar-refractivity contribution in [1.29, 1.82) is 0 Å². The molecule has 0 atom stereocenters. The van der Waals surface area contributed by atoms with Crippen molar-refractivity contribution in [3.63, 3.8) is 0 Å². The summed E-state index contributed by atoms with van der Waals surface area (Å²) >= 11 is 0. The average molecular weight is 442 g/mol. The number of benzene rings is 2. The second-order valence-corrected chi connectivity index (χ2v) is 13.5. The molecule has 0 bridgehead atoms. The van der Waals surface area contributed by atoms with Crippen molar-refractivity contribution in [2.24, 2.45) is 5.11 Å². The molecule has 0 fully saturated rings. The third-order valence-electron chi connectivity index (χ3n) is 6.53. The number of aryl methyl sites for hydroxylation is 2. The highest BCUT2D eigenvalue weighted by atomic mass is 28.3. The third kappa shape index (κ3) is 3.42. The number of rotatable bonds is 3. The Hall–Kier alpha value is -3.34. The molecular weight excluding hydrogens is 412 g/mol. The maximum atomic E-state index is 9.10. The van der Waals surface area contributed by atoms with Crippen molar-refractivity contribution in [3.8, 4) is 5.75 Å². The van der Waals surface area contributed by atoms with Gasteiger partial charge in [-0.2, -0.15) is 0 Å². The van der Waals surface area contributed by atoms with E-state index in [1.807, 2.05) is 12.1 Å². The first-order valence-corrected chi connectivity index (χ1v) is 13.7. The van der Waals surface area contributed by atoms with Crippen molar-refractivity contribution in [3.05, 3.63) is 92.0 Å². The molecule has 0 N–H and O–H groups in total. The lowest BCUT2D eigenvalue weighted by molar-refractivity contribution is -0.462. The molecule has 1 aliphatic carbocycles. The molecule has 0 aromatic heterocycles. The Labute approximate surface area is 190 Å². The van der Waals surface area contributed by atoms with Gasteiger partial charge in [0.2, 0.25) is 0 Å². The van der Waals surface area contributed by atoms with Crippen LogP contribution < -0.4 is 9.92 Å². The molecule has 0 saturated heterocycles. The molecule has 32 heavy (non-hydrogen) atoms. The fourth-order valence-electron chi connectivity index (χ4n) is 4.75. The Morgan fingerprint density at radius 1 is 1.03 bits per heavy atom. The molecule has 0 radical (unpaired) electrons. The van der Waals surface area contributed by atoms with E-state index in [0.29, 0.717) is 11.4 Å². The molecule has 1 aliphatic heterocycles. The number of nitrogens with zero attached hydrogens (tertiary/aromatic N) is 4. The maximum absolute atomic E-state index is 9.10. The second kappa shape index (κ2) is 7.97. The summed E-state index contributed by atoms with van der Waals surface area (Å²) in [5.41, 5.74) is 18.0. The molecular formula is C26H29N4OSi+. The first-order chi connectivity index (χ1) is 15.2. The lowest BCUT2D eigenvalue weighted by atomic mass is 9.87. The van der Waals surface area contributed by atoms with Crippen LogP contribution in [0, 0.1) is 13.8 Å². The van der Waals surface area contributed by atoms with Gasteiger partial charge >= 0.3 is 0 Å². The van der Waals surface area contributed by atoms with E-state index in [2.05, 4.69) is 92.1 Å². The fourth-order valence-corrected chi connectivity index (χ4v) is 7.90. The van der Waals surface area contributed by atoms with Crippen LogP contribution in [0.25, 0.3) is 16.0 Å². The summed E-state index contributed by atoms with van der Waals surface area (Å²) in [5, 5.41) is 6.78. The van der Waals surface area contributed by atoms with Crippen molar-refractivity contribution < 1.29 is 9.31 Å². The highest BCUT2D eigenvalue weighted by Crippen LogP contribution is 2.44. The number of hydrogen-bond donors (Lipinski definition) is 0. The summed E-state index contributed by atoms with van der Waals surface area (Å²) in [6, 6.07) is 10.7. The SMILES string of the molecule is COc1cc(C)c(C2=C3C=CC(=[N+](C)C)C=C3[Si](C)(C)c3cc(C)ccc32)cc1N=[N+]=[N-]. The van der Waals surface area contributed by atoms with Gasteiger partial charge in [-0.3, -0.25) is 0 Å². The highest BCUT2D eigenvalue weighted by molar-refractivity contribution is 6.98. The van der Waals surface area contributed by atoms with Crippen molar-refractivity contribution in [1.82, 2.24) is 0 Å². The Balaban J connectivity index is 2.13. The van der Waals surface area contributed by atoms with Gasteiger partial charge in [0, 0.05) is 17.1 Å². The molecule has 2 aliphatic rings. The summed E-state index contributed by atoms with van der Waals surface area (Å²) in [5.74, 6) is 0.586. The van der Waals surface area contributed by atoms with Crippen LogP contribution in [0.3, 0.4) is 0 Å². The van der Waals surface area contributed by atoms with E-state index in [1.165, 1.54) is 38.4 Å². The maximum Gasteiger partial charge on any atom is 0.199 e. The van der Waals surface area contributed by atoms with Crippen molar-refractivity contribution in [2.75, 3.05) is 21.2 Å². The molecule has 2 aromatic carbocycles. The largest absolute Gasteiger partial charge is 0.496 e. The zero-order valence-electron chi connectivity index (χ0n) is 19.8. The Bertz CT molecular complexity index is 1320. The zero-order chi connectivity index (χ0) is 23.2. The van der Waals surface area contributed by atoms with Gasteiger partial charge < -0.3 is 4.74 Å². The summed E-state index contributed by atoms with van der Waals surface area (Å²) in [7, 11) is 3.84. The molecule has 2 aromatic rings. The molecule has 162 valence electrons. The van der Waals surface area contributed by atoms with Crippen LogP contribution in [-0.4, -0.2) is 39.6 Å². The third-order valence-corrected chi connectivity index (χ3v) is 10.0. The zero-order valence-corrected chi connectivity index (χ0v) is 20.8. The van der Waals surface area contributed by atoms with E-state index >= 15 is 0 Å². The Kier molecular flexibility index (Phi) is 5.45. The summed E-state index contributed by atoms with van der Waals surface area (Å²) in [6.45, 7) is 9.12. The molecule has 0 unspecified atom stereocenters. The summed E-state index contributed by atoms with van der Waals surface area (Å²) in [4.78, 5) is 3.02. The number of allylic oxidation sites excluding steroid dienone is 5. The van der Waals surface area contributed by atoms with Crippen molar-refractivity contribution >= 4 is 30.2 Å². The van der Waals surface area contributed by atoms with Crippen LogP contribution >= 0.6 is 0 Å². The molecule has 0 amide bonds. The van der Waals surface area contributed by atoms with Crippen molar-refractivity contribution in [2.45, 2.75) is 26.9 Å². The fraction of sp³-hybridized carbons (Fsp3) is 0.269. The van der Waals surface area contributed by atoms with E-state index in [-0.39, 0.29) is 0 Å². The smallest absolute Gasteiger partial charge is 0.199 e. The predicted molar refractivity (Wildman–Crippen MR) is 135 cm³/mol. The monoisotopic (exact) mass is 441 g/mol. The number of ether oxygens (including phenoxy) is 1. The van der Waals surface area contributed by atoms with Gasteiger partial charge in [0.25, 0.3) is 0 Å². The normalized spacial score (nSPS) is 16.1. The van der Waals surface area contributed by atoms with Crippen LogP contribution in [0.4, 0.5) is 5.69 Å². The van der Waals surface area contributed by atoms with Crippen LogP contribution in [0.5, 0.6) is 5.75 Å². The first kappa shape index (κ1) is 21.9. The molecule has 5 nitrogen and oxygen atoms in total. The van der Waals surface area contributed by atoms with E-state index in [9.17, 15) is 0 Å². The lowest BCUT2D eigenvalue weighted by Gasteiger charge is -2.38. The number of azide groups is 1. The van der Waals surface area contributed by atoms with Gasteiger partial charge in [-0.05, 0) is 75.8 Å². The minimum atomic E-state index is -1.93. The minimum Gasteiger partial charge on any atom is -0.496 e. The second-order valence-electron chi connectivity index (χ2n) is 9.20. The van der Waals surface area contributed by atoms with Gasteiger partial charge in [-0.1, -0.05) is 42.0 Å². The molecule has 0 spiro atoms. The first-order valence-electron chi connectivity index (χ1n) is 10.7. The van der Waals surface area contributed by atoms with Gasteiger partial charge in [0.15, 0.2) is 5.71 Å². The van der Waals surface area contributed by atoms with Gasteiger partial charge in [-0.25, -0.2) is 4.58 Å². The summed E-state index contributed by atoms with van der Waals surface area (Å²) < 4.78 is 7.64. The molecule has 6 heteroatoms. The molecule has 1 heterocycles. The average Bonchev–Trinajstić information content (AvgIpc) is 2.76. The van der Waals surface area contributed by atoms with E-state index < -0.39 is 8.07 Å². The van der Waals surface area contributed by atoms with E-state index in [0.717, 1.165) is 11.1 Å². The highest BCUT2D eigenvalue weighted by Gasteiger charge is 2.40. The quantitative estimate of drug-likeness (QED) is 0.197. The van der Waals surface area contributed by atoms with Crippen LogP contribution in [0.2, 0.25) is 13.1 Å². The standard InChI is InChI=1S/C26H29N4OSi/c1-16-8-10-19-24(12-16)32(6,7)25-14-18(30(3)4)9-11-20(25)26(19)21-15-22(28-29-27)23(31-5)13-17(21)2/h8-15H,1-7H3/q+1. The van der Waals surface area contributed by atoms with Gasteiger partial charge in [0.05, 0.1) is 12.8 Å². The van der Waals surface area contributed by atoms with E-state index in [4.69, 9.17) is 10.3 Å². The number of methoxy groups -OCH3 is 1. The summed E-state index contributed by atoms with van der Waals surface area (Å²) in [6.07, 6.45) is 6.81. The van der Waals surface area contributed by atoms with Gasteiger partial charge in [-0.15, -0.1) is 0 Å². The van der Waals surface area contributed by atoms with Gasteiger partial charge in [0.1, 0.15) is 27.9 Å². The number of hydrogen-bond acceptors (Lipinski definition) is 2. The lowest BCUT2D eigenvalue weighted by Crippen LogP contribution is -2.49. The molecule has 0 saturated carbocycles. The minimum absolute atomic E-state index is 0.505. The molecule has 4 rings (SSSR count). The van der Waals surface area contributed by atoms with E-state index in [1.54, 1.807) is 7.11 Å². The Morgan fingerprint density at radius 2 is 1.78 bits per heavy atom. The van der Waals surface area contributed by atoms with Crippen LogP contribution in [0.15, 0.2) is 64.4 Å². The van der Waals surface area contributed by atoms with Crippen LogP contribution in [-0.2, 0) is 0 Å².